The molecule has 25 heavy (non-hydrogen) atoms. The Morgan fingerprint density at radius 3 is 2.52 bits per heavy atom. The number of benzene rings is 1. The first kappa shape index (κ1) is 19.8. The Bertz CT molecular complexity index is 791. The molecular formula is C16H22ClN3O4S. The summed E-state index contributed by atoms with van der Waals surface area (Å²) in [5, 5.41) is 3.18. The highest BCUT2D eigenvalue weighted by Crippen LogP contribution is 2.27. The van der Waals surface area contributed by atoms with Gasteiger partial charge in [-0.25, -0.2) is 8.42 Å². The maximum atomic E-state index is 13.1. The molecule has 1 aromatic rings. The Balaban J connectivity index is 0.00000225. The van der Waals surface area contributed by atoms with E-state index in [9.17, 15) is 18.0 Å². The van der Waals surface area contributed by atoms with Gasteiger partial charge in [-0.15, -0.1) is 12.4 Å². The molecule has 2 heterocycles. The molecule has 0 saturated carbocycles. The molecule has 0 bridgehead atoms. The van der Waals surface area contributed by atoms with Gasteiger partial charge in [-0.05, 0) is 37.6 Å². The minimum atomic E-state index is -3.72. The number of nitrogens with one attached hydrogen (secondary N) is 1. The van der Waals surface area contributed by atoms with Crippen LogP contribution in [0.5, 0.6) is 0 Å². The predicted molar refractivity (Wildman–Crippen MR) is 95.6 cm³/mol. The van der Waals surface area contributed by atoms with Crippen molar-refractivity contribution in [1.29, 1.82) is 0 Å². The first-order valence-corrected chi connectivity index (χ1v) is 9.51. The lowest BCUT2D eigenvalue weighted by molar-refractivity contribution is 0.0693. The van der Waals surface area contributed by atoms with Crippen LogP contribution in [-0.2, 0) is 10.0 Å². The summed E-state index contributed by atoms with van der Waals surface area (Å²) in [5.41, 5.74) is 0.413. The maximum absolute atomic E-state index is 13.1. The second kappa shape index (κ2) is 7.41. The molecule has 0 aliphatic carbocycles. The number of carbonyl (C=O) groups excluding carboxylic acids is 2. The van der Waals surface area contributed by atoms with Crippen molar-refractivity contribution < 1.29 is 18.0 Å². The van der Waals surface area contributed by atoms with Gasteiger partial charge in [0.25, 0.3) is 11.8 Å². The van der Waals surface area contributed by atoms with Crippen LogP contribution in [0.3, 0.4) is 0 Å². The standard InChI is InChI=1S/C16H21N3O4S.ClH/c1-3-8-19(11-6-7-17-10-11)24(22,23)12-4-5-13-14(9-12)16(21)18(2)15(13)20;/h4-5,9,11,17H,3,6-8,10H2,1-2H3;1H. The van der Waals surface area contributed by atoms with E-state index < -0.39 is 21.8 Å². The smallest absolute Gasteiger partial charge is 0.261 e. The first-order chi connectivity index (χ1) is 11.4. The van der Waals surface area contributed by atoms with E-state index in [1.54, 1.807) is 0 Å². The number of amides is 2. The van der Waals surface area contributed by atoms with Crippen molar-refractivity contribution in [2.24, 2.45) is 0 Å². The van der Waals surface area contributed by atoms with Crippen LogP contribution in [0.25, 0.3) is 0 Å². The fourth-order valence-electron chi connectivity index (χ4n) is 3.24. The van der Waals surface area contributed by atoms with E-state index in [4.69, 9.17) is 0 Å². The van der Waals surface area contributed by atoms with Crippen molar-refractivity contribution in [3.8, 4) is 0 Å². The molecular weight excluding hydrogens is 366 g/mol. The van der Waals surface area contributed by atoms with Gasteiger partial charge in [0, 0.05) is 26.2 Å². The summed E-state index contributed by atoms with van der Waals surface area (Å²) in [5.74, 6) is -0.860. The summed E-state index contributed by atoms with van der Waals surface area (Å²) in [6, 6.07) is 4.11. The number of imide groups is 1. The zero-order valence-corrected chi connectivity index (χ0v) is 15.8. The molecule has 3 rings (SSSR count). The van der Waals surface area contributed by atoms with Crippen molar-refractivity contribution in [1.82, 2.24) is 14.5 Å². The largest absolute Gasteiger partial charge is 0.315 e. The van der Waals surface area contributed by atoms with Crippen molar-refractivity contribution >= 4 is 34.2 Å². The lowest BCUT2D eigenvalue weighted by Gasteiger charge is -2.27. The van der Waals surface area contributed by atoms with E-state index in [2.05, 4.69) is 5.32 Å². The third-order valence-corrected chi connectivity index (χ3v) is 6.50. The van der Waals surface area contributed by atoms with Crippen LogP contribution in [0.4, 0.5) is 0 Å². The monoisotopic (exact) mass is 387 g/mol. The van der Waals surface area contributed by atoms with Crippen LogP contribution < -0.4 is 5.32 Å². The third-order valence-electron chi connectivity index (χ3n) is 4.55. The quantitative estimate of drug-likeness (QED) is 0.764. The van der Waals surface area contributed by atoms with Crippen LogP contribution in [0.2, 0.25) is 0 Å². The number of rotatable bonds is 5. The van der Waals surface area contributed by atoms with Gasteiger partial charge < -0.3 is 5.32 Å². The lowest BCUT2D eigenvalue weighted by Crippen LogP contribution is -2.42. The molecule has 0 radical (unpaired) electrons. The zero-order chi connectivity index (χ0) is 17.5. The average Bonchev–Trinajstić information content (AvgIpc) is 3.16. The molecule has 1 N–H and O–H groups in total. The van der Waals surface area contributed by atoms with Gasteiger partial charge in [0.15, 0.2) is 0 Å². The van der Waals surface area contributed by atoms with Gasteiger partial charge in [0.1, 0.15) is 0 Å². The Labute approximate surface area is 153 Å². The molecule has 0 spiro atoms. The average molecular weight is 388 g/mol. The van der Waals surface area contributed by atoms with Crippen molar-refractivity contribution in [3.63, 3.8) is 0 Å². The third kappa shape index (κ3) is 3.31. The normalized spacial score (nSPS) is 20.1. The lowest BCUT2D eigenvalue weighted by atomic mass is 10.1. The molecule has 1 aromatic carbocycles. The number of nitrogens with zero attached hydrogens (tertiary/aromatic N) is 2. The highest BCUT2D eigenvalue weighted by atomic mass is 35.5. The summed E-state index contributed by atoms with van der Waals surface area (Å²) in [6.07, 6.45) is 1.48. The van der Waals surface area contributed by atoms with E-state index in [0.717, 1.165) is 17.9 Å². The molecule has 0 aromatic heterocycles. The maximum Gasteiger partial charge on any atom is 0.261 e. The van der Waals surface area contributed by atoms with Crippen LogP contribution in [0.1, 0.15) is 40.5 Å². The predicted octanol–water partition coefficient (Wildman–Crippen LogP) is 1.10. The zero-order valence-electron chi connectivity index (χ0n) is 14.2. The van der Waals surface area contributed by atoms with E-state index in [1.807, 2.05) is 6.92 Å². The molecule has 1 atom stereocenters. The number of fused-ring (bicyclic) bond motifs is 1. The van der Waals surface area contributed by atoms with Gasteiger partial charge in [-0.1, -0.05) is 6.92 Å². The summed E-state index contributed by atoms with van der Waals surface area (Å²) in [6.45, 7) is 3.79. The first-order valence-electron chi connectivity index (χ1n) is 8.07. The summed E-state index contributed by atoms with van der Waals surface area (Å²) in [7, 11) is -2.32. The van der Waals surface area contributed by atoms with Gasteiger partial charge in [-0.3, -0.25) is 14.5 Å². The Morgan fingerprint density at radius 1 is 1.24 bits per heavy atom. The molecule has 2 aliphatic heterocycles. The fourth-order valence-corrected chi connectivity index (χ4v) is 5.01. The number of hydrogen-bond acceptors (Lipinski definition) is 5. The second-order valence-electron chi connectivity index (χ2n) is 6.14. The second-order valence-corrected chi connectivity index (χ2v) is 8.03. The number of halogens is 1. The van der Waals surface area contributed by atoms with Crippen LogP contribution in [0, 0.1) is 0 Å². The number of hydrogen-bond donors (Lipinski definition) is 1. The molecule has 9 heteroatoms. The van der Waals surface area contributed by atoms with Gasteiger partial charge in [0.05, 0.1) is 16.0 Å². The molecule has 1 unspecified atom stereocenters. The number of carbonyl (C=O) groups is 2. The molecule has 7 nitrogen and oxygen atoms in total. The fraction of sp³-hybridized carbons (Fsp3) is 0.500. The van der Waals surface area contributed by atoms with E-state index >= 15 is 0 Å². The summed E-state index contributed by atoms with van der Waals surface area (Å²) < 4.78 is 27.6. The van der Waals surface area contributed by atoms with E-state index in [-0.39, 0.29) is 34.5 Å². The summed E-state index contributed by atoms with van der Waals surface area (Å²) >= 11 is 0. The SMILES string of the molecule is CCCN(C1CCNC1)S(=O)(=O)c1ccc2c(c1)C(=O)N(C)C2=O.Cl. The van der Waals surface area contributed by atoms with Gasteiger partial charge >= 0.3 is 0 Å². The minimum Gasteiger partial charge on any atom is -0.315 e. The Morgan fingerprint density at radius 2 is 1.92 bits per heavy atom. The molecule has 1 saturated heterocycles. The van der Waals surface area contributed by atoms with Gasteiger partial charge in [-0.2, -0.15) is 4.31 Å². The number of sulfonamides is 1. The van der Waals surface area contributed by atoms with E-state index in [1.165, 1.54) is 29.6 Å². The van der Waals surface area contributed by atoms with Crippen molar-refractivity contribution in [2.75, 3.05) is 26.7 Å². The molecule has 2 amide bonds. The van der Waals surface area contributed by atoms with Crippen LogP contribution in [0.15, 0.2) is 23.1 Å². The highest BCUT2D eigenvalue weighted by molar-refractivity contribution is 7.89. The topological polar surface area (TPSA) is 86.8 Å². The van der Waals surface area contributed by atoms with Crippen molar-refractivity contribution in [3.05, 3.63) is 29.3 Å². The van der Waals surface area contributed by atoms with Crippen LogP contribution in [-0.4, -0.2) is 62.2 Å². The highest BCUT2D eigenvalue weighted by Gasteiger charge is 2.37. The van der Waals surface area contributed by atoms with E-state index in [0.29, 0.717) is 19.5 Å². The van der Waals surface area contributed by atoms with Crippen LogP contribution >= 0.6 is 12.4 Å². The minimum absolute atomic E-state index is 0. The Kier molecular flexibility index (Phi) is 5.88. The molecule has 1 fully saturated rings. The Hall–Kier alpha value is -1.48. The summed E-state index contributed by atoms with van der Waals surface area (Å²) in [4.78, 5) is 25.1. The molecule has 138 valence electrons. The van der Waals surface area contributed by atoms with Gasteiger partial charge in [0.2, 0.25) is 10.0 Å². The molecule has 2 aliphatic rings. The van der Waals surface area contributed by atoms with Crippen molar-refractivity contribution in [2.45, 2.75) is 30.7 Å².